The molecule has 1 aliphatic heterocycles. The molecule has 4 nitrogen and oxygen atoms in total. The molecule has 0 fully saturated rings. The van der Waals surface area contributed by atoms with Crippen molar-refractivity contribution in [3.05, 3.63) is 34.9 Å². The van der Waals surface area contributed by atoms with E-state index in [0.29, 0.717) is 6.54 Å². The van der Waals surface area contributed by atoms with Gasteiger partial charge in [0.1, 0.15) is 6.10 Å². The summed E-state index contributed by atoms with van der Waals surface area (Å²) < 4.78 is 0. The first-order valence-corrected chi connectivity index (χ1v) is 7.11. The normalized spacial score (nSPS) is 19.1. The molecule has 0 amide bonds. The molecule has 110 valence electrons. The molecule has 0 saturated carbocycles. The molecule has 1 N–H and O–H groups in total. The van der Waals surface area contributed by atoms with Gasteiger partial charge in [-0.2, -0.15) is 0 Å². The van der Waals surface area contributed by atoms with Crippen molar-refractivity contribution in [3.63, 3.8) is 0 Å². The second kappa shape index (κ2) is 6.12. The minimum Gasteiger partial charge on any atom is -0.390 e. The van der Waals surface area contributed by atoms with Crippen LogP contribution in [-0.4, -0.2) is 47.6 Å². The van der Waals surface area contributed by atoms with Crippen LogP contribution in [0.1, 0.15) is 25.8 Å². The lowest BCUT2D eigenvalue weighted by Crippen LogP contribution is -2.40. The molecule has 5 heteroatoms. The van der Waals surface area contributed by atoms with Crippen molar-refractivity contribution in [3.8, 4) is 0 Å². The Morgan fingerprint density at radius 2 is 2.05 bits per heavy atom. The molecule has 1 unspecified atom stereocenters. The SMILES string of the molecule is CN(CC1CC(c2ccc(Cl)cc2)=NO1)CC(C)(C)O. The molecule has 1 aliphatic rings. The molecule has 0 bridgehead atoms. The van der Waals surface area contributed by atoms with Gasteiger partial charge in [0.05, 0.1) is 11.3 Å². The molecule has 0 saturated heterocycles. The Balaban J connectivity index is 1.87. The van der Waals surface area contributed by atoms with Crippen LogP contribution in [0.25, 0.3) is 0 Å². The van der Waals surface area contributed by atoms with Crippen LogP contribution in [-0.2, 0) is 4.84 Å². The molecule has 0 aliphatic carbocycles. The van der Waals surface area contributed by atoms with E-state index < -0.39 is 5.60 Å². The molecule has 1 heterocycles. The van der Waals surface area contributed by atoms with Gasteiger partial charge in [-0.25, -0.2) is 0 Å². The summed E-state index contributed by atoms with van der Waals surface area (Å²) in [6.07, 6.45) is 0.811. The summed E-state index contributed by atoms with van der Waals surface area (Å²) in [5.74, 6) is 0. The zero-order valence-electron chi connectivity index (χ0n) is 12.1. The monoisotopic (exact) mass is 296 g/mol. The number of rotatable bonds is 5. The first-order valence-electron chi connectivity index (χ1n) is 6.73. The Kier molecular flexibility index (Phi) is 4.68. The van der Waals surface area contributed by atoms with Crippen LogP contribution in [0.4, 0.5) is 0 Å². The van der Waals surface area contributed by atoms with Crippen LogP contribution in [0, 0.1) is 0 Å². The average molecular weight is 297 g/mol. The van der Waals surface area contributed by atoms with Gasteiger partial charge in [0.2, 0.25) is 0 Å². The number of likely N-dealkylation sites (N-methyl/N-ethyl adjacent to an activating group) is 1. The van der Waals surface area contributed by atoms with Gasteiger partial charge in [-0.3, -0.25) is 4.90 Å². The summed E-state index contributed by atoms with van der Waals surface area (Å²) in [5.41, 5.74) is 1.29. The molecule has 0 aromatic heterocycles. The van der Waals surface area contributed by atoms with Crippen molar-refractivity contribution in [2.75, 3.05) is 20.1 Å². The summed E-state index contributed by atoms with van der Waals surface area (Å²) in [6, 6.07) is 7.61. The maximum absolute atomic E-state index is 9.79. The van der Waals surface area contributed by atoms with Gasteiger partial charge < -0.3 is 9.94 Å². The van der Waals surface area contributed by atoms with E-state index >= 15 is 0 Å². The van der Waals surface area contributed by atoms with Crippen molar-refractivity contribution in [1.29, 1.82) is 0 Å². The maximum atomic E-state index is 9.79. The lowest BCUT2D eigenvalue weighted by Gasteiger charge is -2.26. The second-order valence-electron chi connectivity index (χ2n) is 5.99. The molecule has 2 rings (SSSR count). The number of hydrogen-bond acceptors (Lipinski definition) is 4. The van der Waals surface area contributed by atoms with Crippen molar-refractivity contribution in [1.82, 2.24) is 4.90 Å². The van der Waals surface area contributed by atoms with Crippen LogP contribution < -0.4 is 0 Å². The Bertz CT molecular complexity index is 480. The van der Waals surface area contributed by atoms with E-state index in [0.717, 1.165) is 29.3 Å². The maximum Gasteiger partial charge on any atom is 0.145 e. The van der Waals surface area contributed by atoms with Crippen LogP contribution in [0.15, 0.2) is 29.4 Å². The standard InChI is InChI=1S/C15H21ClN2O2/c1-15(2,19)10-18(3)9-13-8-14(17-20-13)11-4-6-12(16)7-5-11/h4-7,13,19H,8-10H2,1-3H3. The van der Waals surface area contributed by atoms with E-state index in [9.17, 15) is 5.11 Å². The fourth-order valence-electron chi connectivity index (χ4n) is 2.41. The highest BCUT2D eigenvalue weighted by Crippen LogP contribution is 2.19. The molecule has 1 atom stereocenters. The fourth-order valence-corrected chi connectivity index (χ4v) is 2.54. The first-order chi connectivity index (χ1) is 9.33. The Hall–Kier alpha value is -1.10. The predicted molar refractivity (Wildman–Crippen MR) is 81.3 cm³/mol. The quantitative estimate of drug-likeness (QED) is 0.908. The van der Waals surface area contributed by atoms with E-state index in [-0.39, 0.29) is 6.10 Å². The molecular formula is C15H21ClN2O2. The van der Waals surface area contributed by atoms with Crippen LogP contribution in [0.5, 0.6) is 0 Å². The minimum atomic E-state index is -0.701. The Morgan fingerprint density at radius 3 is 2.65 bits per heavy atom. The van der Waals surface area contributed by atoms with E-state index in [2.05, 4.69) is 10.1 Å². The third-order valence-corrected chi connectivity index (χ3v) is 3.33. The first kappa shape index (κ1) is 15.3. The average Bonchev–Trinajstić information content (AvgIpc) is 2.75. The third kappa shape index (κ3) is 4.47. The summed E-state index contributed by atoms with van der Waals surface area (Å²) >= 11 is 5.88. The molecule has 1 aromatic rings. The Labute approximate surface area is 125 Å². The van der Waals surface area contributed by atoms with Crippen LogP contribution in [0.3, 0.4) is 0 Å². The molecule has 0 spiro atoms. The topological polar surface area (TPSA) is 45.1 Å². The van der Waals surface area contributed by atoms with Crippen molar-refractivity contribution >= 4 is 17.3 Å². The lowest BCUT2D eigenvalue weighted by molar-refractivity contribution is 0.0146. The van der Waals surface area contributed by atoms with Gasteiger partial charge in [-0.1, -0.05) is 28.9 Å². The van der Waals surface area contributed by atoms with E-state index in [1.165, 1.54) is 0 Å². The number of nitrogens with zero attached hydrogens (tertiary/aromatic N) is 2. The van der Waals surface area contributed by atoms with Gasteiger partial charge >= 0.3 is 0 Å². The second-order valence-corrected chi connectivity index (χ2v) is 6.42. The zero-order chi connectivity index (χ0) is 14.8. The highest BCUT2D eigenvalue weighted by Gasteiger charge is 2.25. The van der Waals surface area contributed by atoms with Crippen molar-refractivity contribution in [2.45, 2.75) is 32.0 Å². The number of oxime groups is 1. The summed E-state index contributed by atoms with van der Waals surface area (Å²) in [5, 5.41) is 14.7. The van der Waals surface area contributed by atoms with E-state index in [1.54, 1.807) is 13.8 Å². The smallest absolute Gasteiger partial charge is 0.145 e. The largest absolute Gasteiger partial charge is 0.390 e. The molecular weight excluding hydrogens is 276 g/mol. The summed E-state index contributed by atoms with van der Waals surface area (Å²) in [4.78, 5) is 7.53. The fraction of sp³-hybridized carbons (Fsp3) is 0.533. The lowest BCUT2D eigenvalue weighted by atomic mass is 10.0. The Morgan fingerprint density at radius 1 is 1.40 bits per heavy atom. The minimum absolute atomic E-state index is 0.0352. The molecule has 20 heavy (non-hydrogen) atoms. The van der Waals surface area contributed by atoms with E-state index in [1.807, 2.05) is 31.3 Å². The van der Waals surface area contributed by atoms with Crippen molar-refractivity contribution in [2.24, 2.45) is 5.16 Å². The van der Waals surface area contributed by atoms with Gasteiger partial charge in [0, 0.05) is 24.5 Å². The summed E-state index contributed by atoms with van der Waals surface area (Å²) in [7, 11) is 1.97. The van der Waals surface area contributed by atoms with Crippen molar-refractivity contribution < 1.29 is 9.94 Å². The van der Waals surface area contributed by atoms with E-state index in [4.69, 9.17) is 16.4 Å². The third-order valence-electron chi connectivity index (χ3n) is 3.08. The van der Waals surface area contributed by atoms with Gasteiger partial charge in [0.15, 0.2) is 0 Å². The van der Waals surface area contributed by atoms with Gasteiger partial charge in [-0.05, 0) is 38.6 Å². The number of hydrogen-bond donors (Lipinski definition) is 1. The zero-order valence-corrected chi connectivity index (χ0v) is 12.9. The van der Waals surface area contributed by atoms with Crippen LogP contribution >= 0.6 is 11.6 Å². The van der Waals surface area contributed by atoms with Gasteiger partial charge in [-0.15, -0.1) is 0 Å². The highest BCUT2D eigenvalue weighted by atomic mass is 35.5. The molecule has 1 aromatic carbocycles. The highest BCUT2D eigenvalue weighted by molar-refractivity contribution is 6.30. The molecule has 0 radical (unpaired) electrons. The van der Waals surface area contributed by atoms with Gasteiger partial charge in [0.25, 0.3) is 0 Å². The number of aliphatic hydroxyl groups is 1. The summed E-state index contributed by atoms with van der Waals surface area (Å²) in [6.45, 7) is 4.94. The predicted octanol–water partition coefficient (Wildman–Crippen LogP) is 2.54. The number of benzene rings is 1. The number of halogens is 1. The van der Waals surface area contributed by atoms with Crippen LogP contribution in [0.2, 0.25) is 5.02 Å².